The van der Waals surface area contributed by atoms with Crippen LogP contribution in [0.1, 0.15) is 66.2 Å². The Kier molecular flexibility index (Phi) is 10.1. The van der Waals surface area contributed by atoms with Crippen molar-refractivity contribution in [1.29, 1.82) is 5.26 Å². The predicted octanol–water partition coefficient (Wildman–Crippen LogP) is 3.88. The Morgan fingerprint density at radius 2 is 1.80 bits per heavy atom. The van der Waals surface area contributed by atoms with Gasteiger partial charge in [-0.25, -0.2) is 0 Å². The number of esters is 1. The molecule has 55 heavy (non-hydrogen) atoms. The molecule has 2 amide bonds. The summed E-state index contributed by atoms with van der Waals surface area (Å²) in [6.07, 6.45) is 0.812. The van der Waals surface area contributed by atoms with Gasteiger partial charge in [-0.1, -0.05) is 24.3 Å². The first kappa shape index (κ1) is 37.9. The molecule has 4 aliphatic rings. The molecule has 14 nitrogen and oxygen atoms in total. The van der Waals surface area contributed by atoms with Gasteiger partial charge in [-0.3, -0.25) is 29.1 Å². The monoisotopic (exact) mass is 768 g/mol. The van der Waals surface area contributed by atoms with Gasteiger partial charge in [0.05, 0.1) is 31.0 Å². The number of nitrogens with one attached hydrogen (secondary N) is 2. The zero-order chi connectivity index (χ0) is 39.5. The van der Waals surface area contributed by atoms with E-state index >= 15 is 0 Å². The van der Waals surface area contributed by atoms with Crippen LogP contribution in [-0.4, -0.2) is 89.5 Å². The Balaban J connectivity index is 1.31. The summed E-state index contributed by atoms with van der Waals surface area (Å²) >= 11 is 5.60. The molecule has 2 bridgehead atoms. The molecule has 15 heteroatoms. The largest absolute Gasteiger partial charge is 0.504 e. The van der Waals surface area contributed by atoms with Gasteiger partial charge in [0.2, 0.25) is 18.6 Å². The van der Waals surface area contributed by atoms with Crippen LogP contribution in [0.3, 0.4) is 0 Å². The van der Waals surface area contributed by atoms with Gasteiger partial charge < -0.3 is 34.7 Å². The zero-order valence-corrected chi connectivity index (χ0v) is 32.6. The number of para-hydroxylation sites is 1. The number of phenolic OH excluding ortho intramolecular Hbond substituents is 1. The van der Waals surface area contributed by atoms with Gasteiger partial charge in [-0.15, -0.1) is 0 Å². The van der Waals surface area contributed by atoms with E-state index in [0.717, 1.165) is 11.1 Å². The number of piperazine rings is 1. The number of carbonyl (C=O) groups excluding carboxylic acids is 3. The summed E-state index contributed by atoms with van der Waals surface area (Å²) in [7, 11) is 3.49. The highest BCUT2D eigenvalue weighted by Gasteiger charge is 2.57. The maximum absolute atomic E-state index is 13.9. The van der Waals surface area contributed by atoms with Gasteiger partial charge in [-0.2, -0.15) is 5.26 Å². The Hall–Kier alpha value is -5.43. The van der Waals surface area contributed by atoms with Crippen molar-refractivity contribution in [2.45, 2.75) is 83.7 Å². The highest BCUT2D eigenvalue weighted by Crippen LogP contribution is 2.58. The molecule has 3 aromatic rings. The first-order valence-corrected chi connectivity index (χ1v) is 18.5. The van der Waals surface area contributed by atoms with E-state index in [2.05, 4.69) is 26.5 Å². The Labute approximate surface area is 324 Å². The standard InChI is InChI=1S/C40H44N6O8S/c1-19-13-24-14-27-29(16-41)46-28(33(44(27)6)31(24)34(49)35(19)51-7)15-26-32(38-37(52-18-53-38)20(2)36(26)54-23(5)48)30(46)17-42-39(50)21(3)43-40(55)45(22(4)47)25-11-9-8-10-12-25/h8-13,21,27-30,33,49H,14-15,17-18H2,1-7H3,(H,42,50)(H,43,55)/t21?,27-,28?,29-,30-,33-/m0/s1. The number of aryl methyl sites for hydroxylation is 1. The smallest absolute Gasteiger partial charge is 0.308 e. The number of amides is 2. The second-order valence-corrected chi connectivity index (χ2v) is 14.8. The van der Waals surface area contributed by atoms with Crippen molar-refractivity contribution in [3.63, 3.8) is 0 Å². The molecule has 0 spiro atoms. The SMILES string of the molecule is COc1c(C)cc2c(c1O)[C@@H]1C3Cc4c(OC(C)=O)c(C)c5c(c4[C@H](CNC(=O)C(C)NC(=S)N(C(C)=O)c4ccccc4)N3[C@@H](C#N)[C@H](C2)N1C)OCO5. The van der Waals surface area contributed by atoms with Crippen LogP contribution in [0.4, 0.5) is 5.69 Å². The summed E-state index contributed by atoms with van der Waals surface area (Å²) in [4.78, 5) is 44.8. The summed E-state index contributed by atoms with van der Waals surface area (Å²) < 4.78 is 23.7. The van der Waals surface area contributed by atoms with E-state index < -0.39 is 42.1 Å². The number of anilines is 1. The lowest BCUT2D eigenvalue weighted by atomic mass is 9.71. The molecular weight excluding hydrogens is 725 g/mol. The number of rotatable bonds is 7. The van der Waals surface area contributed by atoms with E-state index in [4.69, 9.17) is 31.2 Å². The molecule has 3 aromatic carbocycles. The topological polar surface area (TPSA) is 166 Å². The highest BCUT2D eigenvalue weighted by molar-refractivity contribution is 7.80. The van der Waals surface area contributed by atoms with E-state index in [9.17, 15) is 24.8 Å². The summed E-state index contributed by atoms with van der Waals surface area (Å²) in [5.41, 5.74) is 4.95. The fourth-order valence-corrected chi connectivity index (χ4v) is 9.41. The van der Waals surface area contributed by atoms with Crippen molar-refractivity contribution in [2.24, 2.45) is 0 Å². The average molecular weight is 769 g/mol. The molecule has 1 fully saturated rings. The van der Waals surface area contributed by atoms with Crippen LogP contribution in [0.15, 0.2) is 36.4 Å². The quantitative estimate of drug-likeness (QED) is 0.180. The average Bonchev–Trinajstić information content (AvgIpc) is 3.63. The number of ether oxygens (including phenoxy) is 4. The molecular formula is C40H44N6O8S. The molecule has 3 N–H and O–H groups in total. The number of fused-ring (bicyclic) bond motifs is 9. The molecule has 7 rings (SSSR count). The van der Waals surface area contributed by atoms with Crippen molar-refractivity contribution in [1.82, 2.24) is 20.4 Å². The molecule has 0 saturated carbocycles. The number of methoxy groups -OCH3 is 1. The lowest BCUT2D eigenvalue weighted by molar-refractivity contribution is -0.132. The van der Waals surface area contributed by atoms with Gasteiger partial charge in [0.25, 0.3) is 0 Å². The van der Waals surface area contributed by atoms with Crippen LogP contribution in [0, 0.1) is 25.2 Å². The molecule has 0 aliphatic carbocycles. The first-order valence-electron chi connectivity index (χ1n) is 18.1. The summed E-state index contributed by atoms with van der Waals surface area (Å²) in [6, 6.07) is 10.2. The number of aromatic hydroxyl groups is 1. The second-order valence-electron chi connectivity index (χ2n) is 14.4. The molecule has 2 unspecified atom stereocenters. The van der Waals surface area contributed by atoms with Crippen LogP contribution in [0.25, 0.3) is 0 Å². The normalized spacial score (nSPS) is 22.5. The third-order valence-corrected chi connectivity index (χ3v) is 11.5. The number of hydrogen-bond acceptors (Lipinski definition) is 12. The summed E-state index contributed by atoms with van der Waals surface area (Å²) in [5.74, 6) is 0.430. The van der Waals surface area contributed by atoms with Gasteiger partial charge in [0.1, 0.15) is 17.8 Å². The maximum Gasteiger partial charge on any atom is 0.308 e. The van der Waals surface area contributed by atoms with Crippen molar-refractivity contribution in [3.8, 4) is 34.8 Å². The third-order valence-electron chi connectivity index (χ3n) is 11.2. The van der Waals surface area contributed by atoms with Gasteiger partial charge in [0, 0.05) is 54.7 Å². The zero-order valence-electron chi connectivity index (χ0n) is 31.8. The van der Waals surface area contributed by atoms with E-state index in [1.807, 2.05) is 33.0 Å². The number of likely N-dealkylation sites (N-methyl/N-ethyl adjacent to an activating group) is 1. The Bertz CT molecular complexity index is 2140. The fraction of sp³-hybridized carbons (Fsp3) is 0.425. The molecule has 288 valence electrons. The van der Waals surface area contributed by atoms with Gasteiger partial charge in [0.15, 0.2) is 28.1 Å². The Morgan fingerprint density at radius 3 is 2.45 bits per heavy atom. The number of benzene rings is 3. The van der Waals surface area contributed by atoms with Crippen molar-refractivity contribution in [2.75, 3.05) is 32.4 Å². The maximum atomic E-state index is 13.9. The molecule has 0 radical (unpaired) electrons. The van der Waals surface area contributed by atoms with Crippen LogP contribution in [0.2, 0.25) is 0 Å². The number of phenols is 1. The third kappa shape index (κ3) is 6.27. The van der Waals surface area contributed by atoms with Gasteiger partial charge >= 0.3 is 5.97 Å². The summed E-state index contributed by atoms with van der Waals surface area (Å²) in [6.45, 7) is 8.03. The minimum absolute atomic E-state index is 0.0198. The van der Waals surface area contributed by atoms with Crippen molar-refractivity contribution < 1.29 is 38.4 Å². The minimum Gasteiger partial charge on any atom is -0.504 e. The highest BCUT2D eigenvalue weighted by atomic mass is 32.1. The summed E-state index contributed by atoms with van der Waals surface area (Å²) in [5, 5.41) is 28.9. The van der Waals surface area contributed by atoms with Crippen LogP contribution in [0.5, 0.6) is 28.7 Å². The van der Waals surface area contributed by atoms with Crippen LogP contribution < -0.4 is 34.5 Å². The fourth-order valence-electron chi connectivity index (χ4n) is 9.00. The van der Waals surface area contributed by atoms with Crippen molar-refractivity contribution >= 4 is 40.8 Å². The first-order chi connectivity index (χ1) is 26.3. The molecule has 4 heterocycles. The molecule has 0 aromatic heterocycles. The number of carbonyl (C=O) groups is 3. The predicted molar refractivity (Wildman–Crippen MR) is 205 cm³/mol. The molecule has 4 aliphatic heterocycles. The number of hydrogen-bond donors (Lipinski definition) is 3. The molecule has 1 saturated heterocycles. The van der Waals surface area contributed by atoms with Gasteiger partial charge in [-0.05, 0) is 76.1 Å². The number of nitrogens with zero attached hydrogens (tertiary/aromatic N) is 4. The molecule has 6 atom stereocenters. The van der Waals surface area contributed by atoms with E-state index in [-0.39, 0.29) is 36.1 Å². The van der Waals surface area contributed by atoms with E-state index in [1.54, 1.807) is 31.2 Å². The minimum atomic E-state index is -0.866. The number of thiocarbonyl (C=S) groups is 1. The lowest BCUT2D eigenvalue weighted by Gasteiger charge is -2.60. The van der Waals surface area contributed by atoms with Crippen LogP contribution in [-0.2, 0) is 27.2 Å². The number of nitriles is 1. The Morgan fingerprint density at radius 1 is 1.09 bits per heavy atom. The lowest BCUT2D eigenvalue weighted by Crippen LogP contribution is -2.69. The van der Waals surface area contributed by atoms with Crippen molar-refractivity contribution in [3.05, 3.63) is 69.8 Å². The second kappa shape index (κ2) is 14.7. The van der Waals surface area contributed by atoms with Crippen LogP contribution >= 0.6 is 12.2 Å². The van der Waals surface area contributed by atoms with E-state index in [1.165, 1.54) is 25.9 Å². The van der Waals surface area contributed by atoms with E-state index in [0.29, 0.717) is 63.8 Å².